The molecule has 0 bridgehead atoms. The van der Waals surface area contributed by atoms with Crippen LogP contribution >= 0.6 is 11.8 Å². The van der Waals surface area contributed by atoms with Crippen LogP contribution in [0, 0.1) is 0 Å². The molecule has 0 unspecified atom stereocenters. The van der Waals surface area contributed by atoms with Crippen LogP contribution in [0.5, 0.6) is 0 Å². The summed E-state index contributed by atoms with van der Waals surface area (Å²) in [4.78, 5) is 4.90. The van der Waals surface area contributed by atoms with Gasteiger partial charge in [-0.15, -0.1) is 10.2 Å². The Hall–Kier alpha value is -1.35. The first-order valence-electron chi connectivity index (χ1n) is 8.76. The van der Waals surface area contributed by atoms with Crippen LogP contribution < -0.4 is 0 Å². The Balaban J connectivity index is 1.58. The van der Waals surface area contributed by atoms with Crippen molar-refractivity contribution >= 4 is 11.8 Å². The van der Waals surface area contributed by atoms with Crippen molar-refractivity contribution in [3.05, 3.63) is 24.2 Å². The highest BCUT2D eigenvalue weighted by Gasteiger charge is 2.28. The maximum absolute atomic E-state index is 9.36. The van der Waals surface area contributed by atoms with Gasteiger partial charge in [0.15, 0.2) is 10.2 Å². The number of hydrogen-bond acceptors (Lipinski definition) is 7. The van der Waals surface area contributed by atoms with E-state index in [0.717, 1.165) is 48.6 Å². The third kappa shape index (κ3) is 4.63. The monoisotopic (exact) mass is 365 g/mol. The molecule has 2 aromatic rings. The van der Waals surface area contributed by atoms with Crippen molar-refractivity contribution in [1.29, 1.82) is 0 Å². The van der Waals surface area contributed by atoms with Gasteiger partial charge in [-0.3, -0.25) is 9.80 Å². The van der Waals surface area contributed by atoms with Gasteiger partial charge in [-0.2, -0.15) is 0 Å². The molecule has 1 aliphatic heterocycles. The number of furan rings is 1. The van der Waals surface area contributed by atoms with E-state index in [2.05, 4.69) is 33.8 Å². The van der Waals surface area contributed by atoms with E-state index in [0.29, 0.717) is 12.1 Å². The van der Waals surface area contributed by atoms with Crippen molar-refractivity contribution in [1.82, 2.24) is 24.6 Å². The Morgan fingerprint density at radius 1 is 1.36 bits per heavy atom. The lowest BCUT2D eigenvalue weighted by atomic mass is 10.1. The largest absolute Gasteiger partial charge is 0.453 e. The molecule has 25 heavy (non-hydrogen) atoms. The van der Waals surface area contributed by atoms with Gasteiger partial charge in [-0.05, 0) is 44.2 Å². The lowest BCUT2D eigenvalue weighted by Crippen LogP contribution is -2.55. The third-order valence-electron chi connectivity index (χ3n) is 4.62. The van der Waals surface area contributed by atoms with Crippen LogP contribution in [-0.2, 0) is 13.6 Å². The van der Waals surface area contributed by atoms with Gasteiger partial charge in [0.25, 0.3) is 0 Å². The smallest absolute Gasteiger partial charge is 0.198 e. The zero-order valence-electron chi connectivity index (χ0n) is 15.1. The van der Waals surface area contributed by atoms with Crippen LogP contribution in [0.1, 0.15) is 26.0 Å². The van der Waals surface area contributed by atoms with E-state index in [1.807, 2.05) is 23.7 Å². The van der Waals surface area contributed by atoms with E-state index in [1.54, 1.807) is 6.33 Å². The van der Waals surface area contributed by atoms with Gasteiger partial charge >= 0.3 is 0 Å². The summed E-state index contributed by atoms with van der Waals surface area (Å²) < 4.78 is 7.83. The van der Waals surface area contributed by atoms with Crippen LogP contribution in [0.15, 0.2) is 33.1 Å². The van der Waals surface area contributed by atoms with Crippen LogP contribution in [0.25, 0.3) is 0 Å². The zero-order valence-corrected chi connectivity index (χ0v) is 15.9. The fraction of sp³-hybridized carbons (Fsp3) is 0.647. The Kier molecular flexibility index (Phi) is 6.16. The van der Waals surface area contributed by atoms with E-state index < -0.39 is 0 Å². The summed E-state index contributed by atoms with van der Waals surface area (Å²) in [7, 11) is 1.92. The van der Waals surface area contributed by atoms with E-state index in [-0.39, 0.29) is 6.61 Å². The highest BCUT2D eigenvalue weighted by atomic mass is 32.2. The summed E-state index contributed by atoms with van der Waals surface area (Å²) in [5, 5.41) is 19.0. The number of aromatic nitrogens is 3. The molecule has 1 aliphatic rings. The molecule has 0 aliphatic carbocycles. The van der Waals surface area contributed by atoms with Crippen LogP contribution in [-0.4, -0.2) is 68.0 Å². The molecule has 8 heteroatoms. The molecule has 0 amide bonds. The summed E-state index contributed by atoms with van der Waals surface area (Å²) in [5.41, 5.74) is 0. The number of aliphatic hydroxyl groups is 1. The van der Waals surface area contributed by atoms with Crippen LogP contribution in [0.3, 0.4) is 0 Å². The number of aryl methyl sites for hydroxylation is 1. The quantitative estimate of drug-likeness (QED) is 0.803. The summed E-state index contributed by atoms with van der Waals surface area (Å²) in [6, 6.07) is 4.94. The van der Waals surface area contributed by atoms with Crippen molar-refractivity contribution in [2.45, 2.75) is 49.1 Å². The molecule has 3 heterocycles. The Bertz CT molecular complexity index is 672. The molecule has 1 N–H and O–H groups in total. The van der Waals surface area contributed by atoms with Gasteiger partial charge in [0.05, 0.1) is 6.54 Å². The van der Waals surface area contributed by atoms with Crippen molar-refractivity contribution < 1.29 is 9.52 Å². The van der Waals surface area contributed by atoms with Gasteiger partial charge < -0.3 is 14.1 Å². The van der Waals surface area contributed by atoms with Gasteiger partial charge in [0, 0.05) is 45.4 Å². The molecule has 2 aromatic heterocycles. The van der Waals surface area contributed by atoms with E-state index in [9.17, 15) is 5.11 Å². The van der Waals surface area contributed by atoms with Crippen LogP contribution in [0.4, 0.5) is 0 Å². The molecular weight excluding hydrogens is 338 g/mol. The van der Waals surface area contributed by atoms with Crippen molar-refractivity contribution in [3.63, 3.8) is 0 Å². The average molecular weight is 366 g/mol. The SMILES string of the molecule is CC(C)N1CCN(Cc2ccc(Sc3nncn3C)o2)C[C@H]1CCO. The normalized spacial score (nSPS) is 19.8. The predicted molar refractivity (Wildman–Crippen MR) is 96.4 cm³/mol. The standard InChI is InChI=1S/C17H27N5O2S/c1-13(2)22-8-7-21(10-14(22)6-9-23)11-15-4-5-16(24-15)25-17-19-18-12-20(17)3/h4-5,12-14,23H,6-11H2,1-3H3/t14-/m1/s1. The van der Waals surface area contributed by atoms with E-state index >= 15 is 0 Å². The molecule has 7 nitrogen and oxygen atoms in total. The van der Waals surface area contributed by atoms with Gasteiger partial charge in [0.2, 0.25) is 0 Å². The highest BCUT2D eigenvalue weighted by Crippen LogP contribution is 2.28. The third-order valence-corrected chi connectivity index (χ3v) is 5.59. The zero-order chi connectivity index (χ0) is 17.8. The number of piperazine rings is 1. The summed E-state index contributed by atoms with van der Waals surface area (Å²) in [6.07, 6.45) is 2.50. The maximum atomic E-state index is 9.36. The minimum atomic E-state index is 0.237. The minimum Gasteiger partial charge on any atom is -0.453 e. The lowest BCUT2D eigenvalue weighted by Gasteiger charge is -2.43. The molecule has 0 spiro atoms. The second-order valence-electron chi connectivity index (χ2n) is 6.78. The van der Waals surface area contributed by atoms with Crippen molar-refractivity contribution in [3.8, 4) is 0 Å². The van der Waals surface area contributed by atoms with Gasteiger partial charge in [-0.25, -0.2) is 0 Å². The van der Waals surface area contributed by atoms with E-state index in [1.165, 1.54) is 11.8 Å². The van der Waals surface area contributed by atoms with Crippen molar-refractivity contribution in [2.24, 2.45) is 7.05 Å². The fourth-order valence-electron chi connectivity index (χ4n) is 3.34. The first-order chi connectivity index (χ1) is 12.1. The molecule has 1 saturated heterocycles. The average Bonchev–Trinajstić information content (AvgIpc) is 3.18. The first kappa shape index (κ1) is 18.4. The summed E-state index contributed by atoms with van der Waals surface area (Å²) in [6.45, 7) is 8.50. The first-order valence-corrected chi connectivity index (χ1v) is 9.58. The maximum Gasteiger partial charge on any atom is 0.198 e. The molecule has 1 atom stereocenters. The number of nitrogens with zero attached hydrogens (tertiary/aromatic N) is 5. The van der Waals surface area contributed by atoms with Gasteiger partial charge in [-0.1, -0.05) is 0 Å². The number of rotatable bonds is 7. The second kappa shape index (κ2) is 8.35. The lowest BCUT2D eigenvalue weighted by molar-refractivity contribution is 0.0318. The highest BCUT2D eigenvalue weighted by molar-refractivity contribution is 7.99. The second-order valence-corrected chi connectivity index (χ2v) is 7.75. The molecule has 0 radical (unpaired) electrons. The molecule has 0 aromatic carbocycles. The van der Waals surface area contributed by atoms with Crippen molar-refractivity contribution in [2.75, 3.05) is 26.2 Å². The van der Waals surface area contributed by atoms with Gasteiger partial charge in [0.1, 0.15) is 12.1 Å². The molecule has 1 fully saturated rings. The summed E-state index contributed by atoms with van der Waals surface area (Å²) >= 11 is 1.48. The van der Waals surface area contributed by atoms with E-state index in [4.69, 9.17) is 4.42 Å². The topological polar surface area (TPSA) is 70.6 Å². The molecule has 138 valence electrons. The Labute approximate surface area is 153 Å². The molecule has 3 rings (SSSR count). The Morgan fingerprint density at radius 2 is 2.20 bits per heavy atom. The number of aliphatic hydroxyl groups excluding tert-OH is 1. The van der Waals surface area contributed by atoms with Crippen LogP contribution in [0.2, 0.25) is 0 Å². The summed E-state index contributed by atoms with van der Waals surface area (Å²) in [5.74, 6) is 0.963. The molecule has 0 saturated carbocycles. The fourth-order valence-corrected chi connectivity index (χ4v) is 4.08. The molecular formula is C17H27N5O2S. The number of hydrogen-bond donors (Lipinski definition) is 1. The Morgan fingerprint density at radius 3 is 2.88 bits per heavy atom. The minimum absolute atomic E-state index is 0.237. The predicted octanol–water partition coefficient (Wildman–Crippen LogP) is 1.84.